The molecule has 0 aromatic carbocycles. The molecule has 1 atom stereocenters. The highest BCUT2D eigenvalue weighted by atomic mass is 16.5. The lowest BCUT2D eigenvalue weighted by Crippen LogP contribution is -2.67. The average molecular weight is 202 g/mol. The molecule has 0 bridgehead atoms. The fourth-order valence-corrected chi connectivity index (χ4v) is 2.10. The number of hydrogen-bond acceptors (Lipinski definition) is 4. The molecular formula is C9H14O5. The van der Waals surface area contributed by atoms with Gasteiger partial charge in [-0.2, -0.15) is 0 Å². The third-order valence-electron chi connectivity index (χ3n) is 3.22. The number of aliphatic hydroxyl groups is 1. The molecule has 2 N–H and O–H groups in total. The topological polar surface area (TPSA) is 76.0 Å². The van der Waals surface area contributed by atoms with E-state index in [1.807, 2.05) is 0 Å². The number of carboxylic acids is 1. The number of hydrogen-bond donors (Lipinski definition) is 2. The zero-order valence-electron chi connectivity index (χ0n) is 7.86. The first kappa shape index (κ1) is 9.89. The summed E-state index contributed by atoms with van der Waals surface area (Å²) in [4.78, 5) is 11.2. The van der Waals surface area contributed by atoms with Gasteiger partial charge in [-0.15, -0.1) is 0 Å². The van der Waals surface area contributed by atoms with E-state index in [0.717, 1.165) is 0 Å². The van der Waals surface area contributed by atoms with Crippen molar-refractivity contribution in [3.8, 4) is 0 Å². The van der Waals surface area contributed by atoms with Crippen LogP contribution >= 0.6 is 0 Å². The monoisotopic (exact) mass is 202 g/mol. The summed E-state index contributed by atoms with van der Waals surface area (Å²) in [5.41, 5.74) is -2.40. The third-order valence-corrected chi connectivity index (χ3v) is 3.22. The fraction of sp³-hybridized carbons (Fsp3) is 0.889. The Hall–Kier alpha value is -0.650. The Bertz CT molecular complexity index is 240. The van der Waals surface area contributed by atoms with E-state index in [4.69, 9.17) is 9.47 Å². The molecule has 14 heavy (non-hydrogen) atoms. The van der Waals surface area contributed by atoms with Crippen LogP contribution in [0.4, 0.5) is 0 Å². The smallest absolute Gasteiger partial charge is 0.315 e. The van der Waals surface area contributed by atoms with Crippen molar-refractivity contribution in [2.45, 2.75) is 18.4 Å². The van der Waals surface area contributed by atoms with E-state index in [0.29, 0.717) is 19.4 Å². The van der Waals surface area contributed by atoms with E-state index in [9.17, 15) is 15.0 Å². The first-order chi connectivity index (χ1) is 6.61. The van der Waals surface area contributed by atoms with Gasteiger partial charge in [0, 0.05) is 6.61 Å². The van der Waals surface area contributed by atoms with E-state index in [2.05, 4.69) is 0 Å². The number of carbonyl (C=O) groups is 1. The van der Waals surface area contributed by atoms with Gasteiger partial charge in [-0.05, 0) is 12.8 Å². The highest BCUT2D eigenvalue weighted by Crippen LogP contribution is 2.43. The third kappa shape index (κ3) is 1.16. The number of aliphatic carboxylic acids is 1. The van der Waals surface area contributed by atoms with Crippen molar-refractivity contribution < 1.29 is 24.5 Å². The predicted octanol–water partition coefficient (Wildman–Crippen LogP) is -0.371. The molecule has 80 valence electrons. The van der Waals surface area contributed by atoms with Crippen molar-refractivity contribution in [2.24, 2.45) is 5.41 Å². The molecule has 0 aromatic heterocycles. The van der Waals surface area contributed by atoms with Crippen molar-refractivity contribution in [1.82, 2.24) is 0 Å². The highest BCUT2D eigenvalue weighted by Gasteiger charge is 2.60. The minimum atomic E-state index is -1.24. The average Bonchev–Trinajstić information content (AvgIpc) is 2.15. The molecule has 5 heteroatoms. The van der Waals surface area contributed by atoms with Crippen molar-refractivity contribution in [3.05, 3.63) is 0 Å². The second-order valence-electron chi connectivity index (χ2n) is 4.07. The summed E-state index contributed by atoms with van der Waals surface area (Å²) in [6, 6.07) is 0. The van der Waals surface area contributed by atoms with Crippen LogP contribution in [0.5, 0.6) is 0 Å². The standard InChI is InChI=1S/C9H14O5/c10-7(11)8(2-1-3-13-4-8)9(12)5-14-6-9/h12H,1-6H2,(H,10,11). The number of carboxylic acid groups (broad SMARTS) is 1. The molecule has 1 unspecified atom stereocenters. The lowest BCUT2D eigenvalue weighted by Gasteiger charge is -2.50. The van der Waals surface area contributed by atoms with Crippen LogP contribution in [0, 0.1) is 5.41 Å². The summed E-state index contributed by atoms with van der Waals surface area (Å²) in [7, 11) is 0. The summed E-state index contributed by atoms with van der Waals surface area (Å²) in [6.45, 7) is 0.861. The van der Waals surface area contributed by atoms with Gasteiger partial charge in [0.25, 0.3) is 0 Å². The first-order valence-electron chi connectivity index (χ1n) is 4.72. The Morgan fingerprint density at radius 2 is 1.93 bits per heavy atom. The van der Waals surface area contributed by atoms with E-state index >= 15 is 0 Å². The summed E-state index contributed by atoms with van der Waals surface area (Å²) in [5, 5.41) is 19.3. The molecular weight excluding hydrogens is 188 g/mol. The quantitative estimate of drug-likeness (QED) is 0.639. The van der Waals surface area contributed by atoms with E-state index in [-0.39, 0.29) is 19.8 Å². The first-order valence-corrected chi connectivity index (χ1v) is 4.72. The van der Waals surface area contributed by atoms with Crippen molar-refractivity contribution in [1.29, 1.82) is 0 Å². The van der Waals surface area contributed by atoms with Crippen molar-refractivity contribution >= 4 is 5.97 Å². The summed E-state index contributed by atoms with van der Waals surface area (Å²) < 4.78 is 10.1. The molecule has 2 aliphatic rings. The van der Waals surface area contributed by atoms with Crippen LogP contribution in [0.15, 0.2) is 0 Å². The molecule has 0 aliphatic carbocycles. The van der Waals surface area contributed by atoms with Gasteiger partial charge in [0.2, 0.25) is 0 Å². The number of rotatable bonds is 2. The molecule has 0 saturated carbocycles. The van der Waals surface area contributed by atoms with Crippen LogP contribution in [-0.4, -0.2) is 48.2 Å². The van der Waals surface area contributed by atoms with Gasteiger partial charge >= 0.3 is 5.97 Å². The molecule has 2 saturated heterocycles. The molecule has 2 rings (SSSR count). The normalized spacial score (nSPS) is 36.1. The molecule has 2 aliphatic heterocycles. The molecule has 5 nitrogen and oxygen atoms in total. The second kappa shape index (κ2) is 3.18. The fourth-order valence-electron chi connectivity index (χ4n) is 2.10. The molecule has 0 radical (unpaired) electrons. The van der Waals surface area contributed by atoms with Crippen LogP contribution in [0.25, 0.3) is 0 Å². The van der Waals surface area contributed by atoms with Gasteiger partial charge < -0.3 is 19.7 Å². The minimum Gasteiger partial charge on any atom is -0.481 e. The minimum absolute atomic E-state index is 0.0855. The van der Waals surface area contributed by atoms with Gasteiger partial charge in [-0.25, -0.2) is 0 Å². The summed E-state index contributed by atoms with van der Waals surface area (Å²) >= 11 is 0. The van der Waals surface area contributed by atoms with E-state index in [1.54, 1.807) is 0 Å². The van der Waals surface area contributed by atoms with Crippen LogP contribution in [0.3, 0.4) is 0 Å². The lowest BCUT2D eigenvalue weighted by molar-refractivity contribution is -0.263. The molecule has 2 heterocycles. The second-order valence-corrected chi connectivity index (χ2v) is 4.07. The van der Waals surface area contributed by atoms with Crippen LogP contribution in [0.1, 0.15) is 12.8 Å². The van der Waals surface area contributed by atoms with Gasteiger partial charge in [-0.1, -0.05) is 0 Å². The van der Waals surface area contributed by atoms with Crippen LogP contribution < -0.4 is 0 Å². The van der Waals surface area contributed by atoms with Gasteiger partial charge in [0.15, 0.2) is 0 Å². The Labute approximate surface area is 81.6 Å². The van der Waals surface area contributed by atoms with Crippen LogP contribution in [0.2, 0.25) is 0 Å². The Kier molecular flexibility index (Phi) is 2.25. The maximum absolute atomic E-state index is 11.2. The van der Waals surface area contributed by atoms with Crippen molar-refractivity contribution in [3.63, 3.8) is 0 Å². The van der Waals surface area contributed by atoms with E-state index in [1.165, 1.54) is 0 Å². The van der Waals surface area contributed by atoms with Crippen molar-refractivity contribution in [2.75, 3.05) is 26.4 Å². The molecule has 0 aromatic rings. The molecule has 0 spiro atoms. The SMILES string of the molecule is O=C(O)C1(C2(O)COC2)CCCOC1. The maximum atomic E-state index is 11.2. The van der Waals surface area contributed by atoms with Gasteiger partial charge in [-0.3, -0.25) is 4.79 Å². The van der Waals surface area contributed by atoms with E-state index < -0.39 is 17.0 Å². The zero-order valence-corrected chi connectivity index (χ0v) is 7.86. The highest BCUT2D eigenvalue weighted by molar-refractivity contribution is 5.77. The summed E-state index contributed by atoms with van der Waals surface area (Å²) in [5.74, 6) is -0.983. The van der Waals surface area contributed by atoms with Gasteiger partial charge in [0.05, 0.1) is 19.8 Å². The predicted molar refractivity (Wildman–Crippen MR) is 45.9 cm³/mol. The Morgan fingerprint density at radius 1 is 1.21 bits per heavy atom. The summed E-state index contributed by atoms with van der Waals surface area (Å²) in [6.07, 6.45) is 1.14. The van der Waals surface area contributed by atoms with Gasteiger partial charge in [0.1, 0.15) is 11.0 Å². The molecule has 2 fully saturated rings. The Morgan fingerprint density at radius 3 is 2.29 bits per heavy atom. The largest absolute Gasteiger partial charge is 0.481 e. The number of ether oxygens (including phenoxy) is 2. The zero-order chi connectivity index (χ0) is 10.2. The maximum Gasteiger partial charge on any atom is 0.315 e. The Balaban J connectivity index is 2.24. The lowest BCUT2D eigenvalue weighted by atomic mass is 9.67. The molecule has 0 amide bonds. The van der Waals surface area contributed by atoms with Crippen LogP contribution in [-0.2, 0) is 14.3 Å².